The Balaban J connectivity index is 1.78. The van der Waals surface area contributed by atoms with Crippen molar-refractivity contribution in [2.75, 3.05) is 39.0 Å². The number of aliphatic hydroxyl groups is 1. The third-order valence-corrected chi connectivity index (χ3v) is 10.5. The second-order valence-corrected chi connectivity index (χ2v) is 14.2. The molecule has 2 fully saturated rings. The Bertz CT molecular complexity index is 1540. The van der Waals surface area contributed by atoms with E-state index in [1.54, 1.807) is 45.2 Å². The SMILES string of the molecule is COc1cc2cc(c1Cl)N(C)C(=O)C[C@H](OC(=O)[C@H](C)N(C)C(=O)CCS)[C@]1(C)OC1[C@H](C)[C@@H]1C[C@@](O)(NC(=O)O1)[C@H](OC)/C=C/C=C(\C)C2. The van der Waals surface area contributed by atoms with E-state index in [2.05, 4.69) is 17.9 Å². The average molecular weight is 738 g/mol. The number of benzene rings is 1. The van der Waals surface area contributed by atoms with E-state index in [1.165, 1.54) is 38.0 Å². The first-order valence-corrected chi connectivity index (χ1v) is 17.5. The van der Waals surface area contributed by atoms with Crippen LogP contribution in [0.25, 0.3) is 0 Å². The summed E-state index contributed by atoms with van der Waals surface area (Å²) in [6.45, 7) is 6.96. The van der Waals surface area contributed by atoms with Gasteiger partial charge in [-0.25, -0.2) is 9.59 Å². The quantitative estimate of drug-likeness (QED) is 0.214. The van der Waals surface area contributed by atoms with Gasteiger partial charge in [0, 0.05) is 40.0 Å². The number of nitrogens with zero attached hydrogens (tertiary/aromatic N) is 2. The lowest BCUT2D eigenvalue weighted by molar-refractivity contribution is -0.161. The Morgan fingerprint density at radius 1 is 1.28 bits per heavy atom. The minimum Gasteiger partial charge on any atom is -0.495 e. The van der Waals surface area contributed by atoms with Crippen LogP contribution in [0.1, 0.15) is 52.5 Å². The Morgan fingerprint density at radius 3 is 2.62 bits per heavy atom. The first-order chi connectivity index (χ1) is 23.5. The van der Waals surface area contributed by atoms with Crippen LogP contribution >= 0.6 is 24.2 Å². The van der Waals surface area contributed by atoms with Crippen molar-refractivity contribution >= 4 is 53.8 Å². The lowest BCUT2D eigenvalue weighted by Crippen LogP contribution is -2.63. The van der Waals surface area contributed by atoms with Gasteiger partial charge in [0.2, 0.25) is 11.8 Å². The van der Waals surface area contributed by atoms with E-state index in [0.717, 1.165) is 11.1 Å². The predicted molar refractivity (Wildman–Crippen MR) is 189 cm³/mol. The van der Waals surface area contributed by atoms with Gasteiger partial charge in [-0.2, -0.15) is 12.6 Å². The fourth-order valence-electron chi connectivity index (χ4n) is 6.49. The highest BCUT2D eigenvalue weighted by molar-refractivity contribution is 7.80. The minimum atomic E-state index is -1.82. The number of ether oxygens (including phenoxy) is 5. The first-order valence-electron chi connectivity index (χ1n) is 16.4. The van der Waals surface area contributed by atoms with Crippen LogP contribution in [0.3, 0.4) is 0 Å². The van der Waals surface area contributed by atoms with Crippen molar-refractivity contribution in [2.24, 2.45) is 5.92 Å². The van der Waals surface area contributed by atoms with Crippen LogP contribution in [0, 0.1) is 5.92 Å². The van der Waals surface area contributed by atoms with E-state index < -0.39 is 65.7 Å². The zero-order chi connectivity index (χ0) is 37.1. The Kier molecular flexibility index (Phi) is 12.6. The molecule has 50 heavy (non-hydrogen) atoms. The number of carbonyl (C=O) groups is 4. The van der Waals surface area contributed by atoms with E-state index in [0.29, 0.717) is 23.6 Å². The number of hydrogen-bond donors (Lipinski definition) is 3. The van der Waals surface area contributed by atoms with E-state index in [-0.39, 0.29) is 30.2 Å². The number of nitrogens with one attached hydrogen (secondary N) is 1. The van der Waals surface area contributed by atoms with Gasteiger partial charge in [-0.3, -0.25) is 14.9 Å². The Morgan fingerprint density at radius 2 is 1.98 bits per heavy atom. The molecule has 1 aromatic rings. The highest BCUT2D eigenvalue weighted by atomic mass is 35.5. The maximum absolute atomic E-state index is 14.0. The molecule has 0 aromatic heterocycles. The number of carbonyl (C=O) groups excluding carboxylic acids is 4. The van der Waals surface area contributed by atoms with E-state index in [4.69, 9.17) is 35.3 Å². The minimum absolute atomic E-state index is 0.0489. The zero-order valence-electron chi connectivity index (χ0n) is 29.7. The third kappa shape index (κ3) is 8.42. The number of alkyl carbamates (subject to hydrolysis) is 1. The molecule has 0 aliphatic carbocycles. The molecule has 276 valence electrons. The molecule has 0 saturated carbocycles. The van der Waals surface area contributed by atoms with Crippen LogP contribution in [-0.2, 0) is 39.8 Å². The number of rotatable bonds is 7. The number of hydrogen-bond acceptors (Lipinski definition) is 11. The van der Waals surface area contributed by atoms with Crippen LogP contribution in [0.5, 0.6) is 5.75 Å². The van der Waals surface area contributed by atoms with Crippen LogP contribution in [0.2, 0.25) is 5.02 Å². The Hall–Kier alpha value is -3.30. The maximum Gasteiger partial charge on any atom is 0.409 e. The molecule has 4 rings (SSSR count). The van der Waals surface area contributed by atoms with Gasteiger partial charge < -0.3 is 38.6 Å². The van der Waals surface area contributed by atoms with Crippen LogP contribution < -0.4 is 15.0 Å². The van der Waals surface area contributed by atoms with Crippen molar-refractivity contribution in [3.05, 3.63) is 46.5 Å². The molecule has 3 heterocycles. The molecular weight excluding hydrogens is 690 g/mol. The molecule has 0 radical (unpaired) electrons. The molecule has 2 N–H and O–H groups in total. The van der Waals surface area contributed by atoms with Crippen molar-refractivity contribution < 1.29 is 48.0 Å². The number of halogens is 1. The molecule has 3 aliphatic heterocycles. The predicted octanol–water partition coefficient (Wildman–Crippen LogP) is 3.83. The Labute approximate surface area is 303 Å². The molecule has 1 unspecified atom stereocenters. The number of epoxide rings is 1. The van der Waals surface area contributed by atoms with E-state index in [1.807, 2.05) is 13.0 Å². The summed E-state index contributed by atoms with van der Waals surface area (Å²) in [6.07, 6.45) is 1.08. The molecule has 4 bridgehead atoms. The second kappa shape index (κ2) is 15.9. The fourth-order valence-corrected chi connectivity index (χ4v) is 6.99. The smallest absolute Gasteiger partial charge is 0.409 e. The summed E-state index contributed by atoms with van der Waals surface area (Å²) in [6, 6.07) is 2.60. The fraction of sp³-hybridized carbons (Fsp3) is 0.600. The van der Waals surface area contributed by atoms with Crippen molar-refractivity contribution in [3.63, 3.8) is 0 Å². The van der Waals surface area contributed by atoms with Crippen molar-refractivity contribution in [3.8, 4) is 5.75 Å². The van der Waals surface area contributed by atoms with Gasteiger partial charge in [0.15, 0.2) is 5.72 Å². The molecule has 15 heteroatoms. The summed E-state index contributed by atoms with van der Waals surface area (Å²) >= 11 is 10.8. The van der Waals surface area contributed by atoms with E-state index >= 15 is 0 Å². The summed E-state index contributed by atoms with van der Waals surface area (Å²) in [5.41, 5.74) is -0.903. The van der Waals surface area contributed by atoms with Crippen LogP contribution in [0.4, 0.5) is 10.5 Å². The largest absolute Gasteiger partial charge is 0.495 e. The number of thiol groups is 1. The number of likely N-dealkylation sites (N-methyl/N-ethyl adjacent to an activating group) is 1. The van der Waals surface area contributed by atoms with Crippen molar-refractivity contribution in [1.82, 2.24) is 10.2 Å². The van der Waals surface area contributed by atoms with Crippen LogP contribution in [0.15, 0.2) is 35.9 Å². The summed E-state index contributed by atoms with van der Waals surface area (Å²) in [7, 11) is 5.98. The van der Waals surface area contributed by atoms with Gasteiger partial charge in [-0.15, -0.1) is 0 Å². The highest BCUT2D eigenvalue weighted by Gasteiger charge is 2.64. The zero-order valence-corrected chi connectivity index (χ0v) is 31.4. The standard InChI is InChI=1S/C35H48ClN3O10S/c1-19-10-9-11-26(46-8)35(44)18-25(47-33(43)37-35)20(2)31-34(4,49-31)27(48-32(42)21(3)38(5)28(40)12-13-50)17-29(41)39(6)23-15-22(14-19)16-24(45-7)30(23)36/h9-11,15-16,20-21,25-27,31,44,50H,12-14,17-18H2,1-8H3,(H,37,43)/b11-9+,19-10+/t20-,21+,25+,26-,27+,31?,34+,35+/m1/s1. The summed E-state index contributed by atoms with van der Waals surface area (Å²) in [5.74, 6) is -1.30. The molecule has 1 aromatic carbocycles. The molecule has 3 aliphatic rings. The lowest BCUT2D eigenvalue weighted by atomic mass is 9.83. The lowest BCUT2D eigenvalue weighted by Gasteiger charge is -2.42. The monoisotopic (exact) mass is 737 g/mol. The van der Waals surface area contributed by atoms with E-state index in [9.17, 15) is 24.3 Å². The normalized spacial score (nSPS) is 32.3. The van der Waals surface area contributed by atoms with Gasteiger partial charge in [-0.05, 0) is 50.6 Å². The van der Waals surface area contributed by atoms with Gasteiger partial charge in [0.05, 0.1) is 25.3 Å². The van der Waals surface area contributed by atoms with Gasteiger partial charge in [0.25, 0.3) is 0 Å². The third-order valence-electron chi connectivity index (χ3n) is 9.85. The van der Waals surface area contributed by atoms with Crippen molar-refractivity contribution in [2.45, 2.75) is 95.2 Å². The topological polar surface area (TPSA) is 156 Å². The molecule has 3 amide bonds. The molecule has 0 spiro atoms. The molecule has 8 atom stereocenters. The number of fused-ring (bicyclic) bond motifs is 5. The molecule has 2 saturated heterocycles. The van der Waals surface area contributed by atoms with Gasteiger partial charge in [-0.1, -0.05) is 42.3 Å². The highest BCUT2D eigenvalue weighted by Crippen LogP contribution is 2.49. The number of esters is 1. The van der Waals surface area contributed by atoms with Gasteiger partial charge in [0.1, 0.15) is 40.7 Å². The average Bonchev–Trinajstić information content (AvgIpc) is 3.76. The van der Waals surface area contributed by atoms with Gasteiger partial charge >= 0.3 is 12.1 Å². The first kappa shape index (κ1) is 39.5. The number of anilines is 1. The second-order valence-electron chi connectivity index (χ2n) is 13.4. The number of amides is 3. The number of allylic oxidation sites excluding steroid dienone is 3. The van der Waals surface area contributed by atoms with Crippen molar-refractivity contribution in [1.29, 1.82) is 0 Å². The van der Waals surface area contributed by atoms with Crippen LogP contribution in [-0.4, -0.2) is 110 Å². The summed E-state index contributed by atoms with van der Waals surface area (Å²) in [5, 5.41) is 14.4. The molecular formula is C35H48ClN3O10S. The summed E-state index contributed by atoms with van der Waals surface area (Å²) in [4.78, 5) is 55.6. The summed E-state index contributed by atoms with van der Waals surface area (Å²) < 4.78 is 29.0. The molecule has 13 nitrogen and oxygen atoms in total. The number of methoxy groups -OCH3 is 2. The maximum atomic E-state index is 14.0.